The van der Waals surface area contributed by atoms with Gasteiger partial charge in [-0.15, -0.1) is 6.58 Å². The summed E-state index contributed by atoms with van der Waals surface area (Å²) in [5, 5.41) is 41.4. The zero-order valence-electron chi connectivity index (χ0n) is 16.4. The highest BCUT2D eigenvalue weighted by molar-refractivity contribution is 5.53. The first-order valence-corrected chi connectivity index (χ1v) is 9.57. The van der Waals surface area contributed by atoms with Gasteiger partial charge in [-0.3, -0.25) is 10.1 Å². The summed E-state index contributed by atoms with van der Waals surface area (Å²) in [6.45, 7) is 5.77. The van der Waals surface area contributed by atoms with Crippen LogP contribution in [-0.4, -0.2) is 26.3 Å². The second-order valence-corrected chi connectivity index (χ2v) is 6.96. The van der Waals surface area contributed by atoms with Gasteiger partial charge in [0.05, 0.1) is 17.1 Å². The van der Waals surface area contributed by atoms with Crippen LogP contribution in [0.25, 0.3) is 6.08 Å². The minimum absolute atomic E-state index is 0.0522. The maximum atomic E-state index is 10.8. The van der Waals surface area contributed by atoms with Gasteiger partial charge in [-0.2, -0.15) is 0 Å². The molecule has 2 aromatic rings. The van der Waals surface area contributed by atoms with Crippen molar-refractivity contribution < 1.29 is 20.2 Å². The lowest BCUT2D eigenvalue weighted by molar-refractivity contribution is -0.384. The van der Waals surface area contributed by atoms with Crippen molar-refractivity contribution in [2.24, 2.45) is 5.92 Å². The molecule has 0 amide bonds. The number of aliphatic hydroxyl groups is 2. The predicted octanol–water partition coefficient (Wildman–Crippen LogP) is 4.77. The molecule has 0 fully saturated rings. The number of nitrogens with zero attached hydrogens (tertiary/aromatic N) is 1. The van der Waals surface area contributed by atoms with Crippen molar-refractivity contribution in [1.29, 1.82) is 0 Å². The maximum Gasteiger partial charge on any atom is 0.269 e. The summed E-state index contributed by atoms with van der Waals surface area (Å²) in [5.74, 6) is -0.382. The van der Waals surface area contributed by atoms with E-state index in [1.54, 1.807) is 12.1 Å². The molecule has 3 atom stereocenters. The van der Waals surface area contributed by atoms with E-state index < -0.39 is 23.0 Å². The molecule has 0 heterocycles. The summed E-state index contributed by atoms with van der Waals surface area (Å²) in [7, 11) is 0. The summed E-state index contributed by atoms with van der Waals surface area (Å²) in [4.78, 5) is 10.3. The summed E-state index contributed by atoms with van der Waals surface area (Å²) < 4.78 is 0. The van der Waals surface area contributed by atoms with Gasteiger partial charge in [0.15, 0.2) is 0 Å². The van der Waals surface area contributed by atoms with E-state index in [-0.39, 0.29) is 11.4 Å². The summed E-state index contributed by atoms with van der Waals surface area (Å²) >= 11 is 0. The molecule has 0 radical (unpaired) electrons. The molecular weight excluding hydrogens is 370 g/mol. The molecule has 0 aliphatic carbocycles. The Kier molecular flexibility index (Phi) is 8.12. The molecular formula is C23H27NO5. The summed E-state index contributed by atoms with van der Waals surface area (Å²) in [6.07, 6.45) is 3.64. The number of aromatic hydroxyl groups is 1. The maximum absolute atomic E-state index is 10.8. The Morgan fingerprint density at radius 2 is 1.76 bits per heavy atom. The number of benzene rings is 2. The van der Waals surface area contributed by atoms with E-state index >= 15 is 0 Å². The highest BCUT2D eigenvalue weighted by atomic mass is 16.6. The molecule has 2 rings (SSSR count). The van der Waals surface area contributed by atoms with E-state index in [0.717, 1.165) is 17.6 Å². The number of rotatable bonds is 10. The lowest BCUT2D eigenvalue weighted by atomic mass is 9.87. The monoisotopic (exact) mass is 397 g/mol. The molecule has 2 aromatic carbocycles. The third-order valence-corrected chi connectivity index (χ3v) is 5.01. The highest BCUT2D eigenvalue weighted by Crippen LogP contribution is 2.30. The minimum atomic E-state index is -1.01. The van der Waals surface area contributed by atoms with Gasteiger partial charge in [-0.1, -0.05) is 36.8 Å². The van der Waals surface area contributed by atoms with Crippen molar-refractivity contribution in [2.75, 3.05) is 0 Å². The zero-order valence-corrected chi connectivity index (χ0v) is 16.4. The number of aliphatic hydroxyl groups excluding tert-OH is 2. The second-order valence-electron chi connectivity index (χ2n) is 6.96. The van der Waals surface area contributed by atoms with Crippen molar-refractivity contribution in [3.05, 3.63) is 88.0 Å². The van der Waals surface area contributed by atoms with Crippen LogP contribution in [0.15, 0.2) is 66.8 Å². The third kappa shape index (κ3) is 6.27. The van der Waals surface area contributed by atoms with Gasteiger partial charge in [0.1, 0.15) is 5.75 Å². The van der Waals surface area contributed by atoms with Gasteiger partial charge < -0.3 is 15.3 Å². The Morgan fingerprint density at radius 1 is 1.14 bits per heavy atom. The fourth-order valence-electron chi connectivity index (χ4n) is 3.19. The standard InChI is InChI=1S/C23H27NO5/c1-3-16(15-17-5-12-20(25)13-6-17)7-14-22(26)21(4-2)23(27)18-8-10-19(11-9-18)24(28)29/h4-6,8-13,15,21-23,25-27H,2-3,7,14H2,1H3/b16-15+/t21-,22-,23-/m1/s1. The molecule has 0 aliphatic heterocycles. The van der Waals surface area contributed by atoms with Gasteiger partial charge in [0.2, 0.25) is 0 Å². The number of allylic oxidation sites excluding steroid dienone is 1. The van der Waals surface area contributed by atoms with Crippen LogP contribution in [0.3, 0.4) is 0 Å². The van der Waals surface area contributed by atoms with E-state index in [1.165, 1.54) is 30.3 Å². The highest BCUT2D eigenvalue weighted by Gasteiger charge is 2.26. The normalized spacial score (nSPS) is 14.8. The Hall–Kier alpha value is -2.96. The van der Waals surface area contributed by atoms with Crippen molar-refractivity contribution in [3.8, 4) is 5.75 Å². The molecule has 0 saturated carbocycles. The minimum Gasteiger partial charge on any atom is -0.508 e. The second kappa shape index (κ2) is 10.5. The number of nitro groups is 1. The van der Waals surface area contributed by atoms with E-state index in [0.29, 0.717) is 18.4 Å². The largest absolute Gasteiger partial charge is 0.508 e. The Morgan fingerprint density at radius 3 is 2.28 bits per heavy atom. The molecule has 3 N–H and O–H groups in total. The van der Waals surface area contributed by atoms with E-state index in [9.17, 15) is 25.4 Å². The van der Waals surface area contributed by atoms with Crippen molar-refractivity contribution in [1.82, 2.24) is 0 Å². The Balaban J connectivity index is 2.04. The fraction of sp³-hybridized carbons (Fsp3) is 0.304. The summed E-state index contributed by atoms with van der Waals surface area (Å²) in [6, 6.07) is 12.6. The predicted molar refractivity (Wildman–Crippen MR) is 113 cm³/mol. The fourth-order valence-corrected chi connectivity index (χ4v) is 3.19. The molecule has 29 heavy (non-hydrogen) atoms. The molecule has 0 aromatic heterocycles. The molecule has 154 valence electrons. The zero-order chi connectivity index (χ0) is 21.4. The third-order valence-electron chi connectivity index (χ3n) is 5.01. The van der Waals surface area contributed by atoms with E-state index in [2.05, 4.69) is 6.58 Å². The van der Waals surface area contributed by atoms with Gasteiger partial charge in [0.25, 0.3) is 5.69 Å². The van der Waals surface area contributed by atoms with E-state index in [4.69, 9.17) is 0 Å². The average molecular weight is 397 g/mol. The molecule has 6 heteroatoms. The molecule has 6 nitrogen and oxygen atoms in total. The first-order chi connectivity index (χ1) is 13.8. The first-order valence-electron chi connectivity index (χ1n) is 9.57. The molecule has 0 aliphatic rings. The summed E-state index contributed by atoms with van der Waals surface area (Å²) in [5.41, 5.74) is 2.56. The number of phenolic OH excluding ortho intramolecular Hbond substituents is 1. The SMILES string of the molecule is C=C[C@H]([C@H](O)CC/C(=C/c1ccc(O)cc1)CC)[C@H](O)c1ccc([N+](=O)[O-])cc1. The average Bonchev–Trinajstić information content (AvgIpc) is 2.73. The van der Waals surface area contributed by atoms with Crippen LogP contribution in [0.5, 0.6) is 5.75 Å². The van der Waals surface area contributed by atoms with E-state index in [1.807, 2.05) is 25.1 Å². The lowest BCUT2D eigenvalue weighted by Crippen LogP contribution is -2.25. The van der Waals surface area contributed by atoms with Gasteiger partial charge in [-0.25, -0.2) is 0 Å². The number of nitro benzene ring substituents is 1. The van der Waals surface area contributed by atoms with Gasteiger partial charge in [0, 0.05) is 18.1 Å². The van der Waals surface area contributed by atoms with Crippen LogP contribution < -0.4 is 0 Å². The van der Waals surface area contributed by atoms with Crippen LogP contribution in [0, 0.1) is 16.0 Å². The molecule has 0 unspecified atom stereocenters. The van der Waals surface area contributed by atoms with Crippen LogP contribution >= 0.6 is 0 Å². The number of hydrogen-bond donors (Lipinski definition) is 3. The lowest BCUT2D eigenvalue weighted by Gasteiger charge is -2.25. The van der Waals surface area contributed by atoms with Crippen molar-refractivity contribution >= 4 is 11.8 Å². The van der Waals surface area contributed by atoms with Crippen LogP contribution in [-0.2, 0) is 0 Å². The van der Waals surface area contributed by atoms with Crippen LogP contribution in [0.1, 0.15) is 43.4 Å². The first kappa shape index (κ1) is 22.3. The van der Waals surface area contributed by atoms with Crippen molar-refractivity contribution in [2.45, 2.75) is 38.4 Å². The molecule has 0 bridgehead atoms. The number of non-ortho nitro benzene ring substituents is 1. The van der Waals surface area contributed by atoms with Crippen LogP contribution in [0.2, 0.25) is 0 Å². The van der Waals surface area contributed by atoms with Crippen molar-refractivity contribution in [3.63, 3.8) is 0 Å². The number of phenols is 1. The van der Waals surface area contributed by atoms with Crippen LogP contribution in [0.4, 0.5) is 5.69 Å². The molecule has 0 spiro atoms. The smallest absolute Gasteiger partial charge is 0.269 e. The Labute approximate surface area is 170 Å². The Bertz CT molecular complexity index is 843. The molecule has 0 saturated heterocycles. The van der Waals surface area contributed by atoms with Gasteiger partial charge in [-0.05, 0) is 54.7 Å². The topological polar surface area (TPSA) is 104 Å². The number of hydrogen-bond acceptors (Lipinski definition) is 5. The van der Waals surface area contributed by atoms with Gasteiger partial charge >= 0.3 is 0 Å². The quantitative estimate of drug-likeness (QED) is 0.304.